The molecule has 3 rings (SSSR count). The van der Waals surface area contributed by atoms with Crippen LogP contribution in [0.2, 0.25) is 5.15 Å². The van der Waals surface area contributed by atoms with E-state index >= 15 is 0 Å². The lowest BCUT2D eigenvalue weighted by atomic mass is 10.2. The molecule has 2 aromatic rings. The molecule has 0 amide bonds. The molecule has 1 fully saturated rings. The zero-order valence-electron chi connectivity index (χ0n) is 10.5. The van der Waals surface area contributed by atoms with Gasteiger partial charge in [0, 0.05) is 24.1 Å². The van der Waals surface area contributed by atoms with Gasteiger partial charge in [0.2, 0.25) is 0 Å². The van der Waals surface area contributed by atoms with E-state index in [9.17, 15) is 8.78 Å². The molecule has 104 valence electrons. The molecule has 1 N–H and O–H groups in total. The van der Waals surface area contributed by atoms with Gasteiger partial charge < -0.3 is 5.32 Å². The smallest absolute Gasteiger partial charge is 0.135 e. The van der Waals surface area contributed by atoms with Crippen LogP contribution in [-0.2, 0) is 6.54 Å². The number of nitrogens with zero attached hydrogens (tertiary/aromatic N) is 2. The molecule has 0 spiro atoms. The molecule has 0 unspecified atom stereocenters. The Kier molecular flexibility index (Phi) is 3.53. The van der Waals surface area contributed by atoms with Crippen molar-refractivity contribution >= 4 is 17.4 Å². The molecular formula is C14H12ClF2N3. The molecule has 6 heteroatoms. The van der Waals surface area contributed by atoms with Gasteiger partial charge in [-0.15, -0.1) is 0 Å². The Morgan fingerprint density at radius 3 is 2.75 bits per heavy atom. The van der Waals surface area contributed by atoms with Crippen LogP contribution in [0.25, 0.3) is 0 Å². The van der Waals surface area contributed by atoms with Gasteiger partial charge in [-0.05, 0) is 31.0 Å². The first-order valence-electron chi connectivity index (χ1n) is 6.34. The first-order chi connectivity index (χ1) is 9.61. The van der Waals surface area contributed by atoms with Crippen molar-refractivity contribution in [3.8, 4) is 0 Å². The Labute approximate surface area is 120 Å². The number of aromatic nitrogens is 2. The molecule has 1 heterocycles. The Balaban J connectivity index is 1.76. The molecule has 3 nitrogen and oxygen atoms in total. The quantitative estimate of drug-likeness (QED) is 0.869. The van der Waals surface area contributed by atoms with Gasteiger partial charge in [0.05, 0.1) is 0 Å². The normalized spacial score (nSPS) is 14.3. The average molecular weight is 296 g/mol. The van der Waals surface area contributed by atoms with Crippen LogP contribution in [0.1, 0.15) is 30.1 Å². The fourth-order valence-corrected chi connectivity index (χ4v) is 2.10. The number of hydrogen-bond acceptors (Lipinski definition) is 3. The van der Waals surface area contributed by atoms with Crippen molar-refractivity contribution < 1.29 is 8.78 Å². The molecule has 0 atom stereocenters. The summed E-state index contributed by atoms with van der Waals surface area (Å²) in [6.45, 7) is 0.140. The molecule has 0 saturated heterocycles. The average Bonchev–Trinajstić information content (AvgIpc) is 3.23. The van der Waals surface area contributed by atoms with E-state index in [4.69, 9.17) is 11.6 Å². The molecule has 1 aliphatic rings. The van der Waals surface area contributed by atoms with E-state index in [2.05, 4.69) is 15.3 Å². The molecule has 1 aliphatic carbocycles. The van der Waals surface area contributed by atoms with E-state index in [-0.39, 0.29) is 12.1 Å². The summed E-state index contributed by atoms with van der Waals surface area (Å²) in [7, 11) is 0. The van der Waals surface area contributed by atoms with Crippen molar-refractivity contribution in [1.82, 2.24) is 9.97 Å². The lowest BCUT2D eigenvalue weighted by molar-refractivity contribution is 0.587. The lowest BCUT2D eigenvalue weighted by Gasteiger charge is -2.08. The number of anilines is 1. The van der Waals surface area contributed by atoms with E-state index in [1.54, 1.807) is 6.07 Å². The molecule has 0 bridgehead atoms. The Bertz CT molecular complexity index is 644. The summed E-state index contributed by atoms with van der Waals surface area (Å²) in [5, 5.41) is 3.30. The molecule has 20 heavy (non-hydrogen) atoms. The summed E-state index contributed by atoms with van der Waals surface area (Å²) in [5.41, 5.74) is 0.243. The summed E-state index contributed by atoms with van der Waals surface area (Å²) < 4.78 is 26.6. The SMILES string of the molecule is Fc1ccc(F)c(CNc2cc(Cl)nc(C3CC3)n2)c1. The fraction of sp³-hybridized carbons (Fsp3) is 0.286. The number of nitrogens with one attached hydrogen (secondary N) is 1. The van der Waals surface area contributed by atoms with Gasteiger partial charge in [-0.1, -0.05) is 11.6 Å². The van der Waals surface area contributed by atoms with Crippen LogP contribution in [0.15, 0.2) is 24.3 Å². The Morgan fingerprint density at radius 2 is 2.00 bits per heavy atom. The first-order valence-corrected chi connectivity index (χ1v) is 6.72. The van der Waals surface area contributed by atoms with Crippen LogP contribution in [0.5, 0.6) is 0 Å². The molecule has 0 radical (unpaired) electrons. The minimum absolute atomic E-state index is 0.140. The van der Waals surface area contributed by atoms with Crippen molar-refractivity contribution in [3.05, 3.63) is 52.4 Å². The number of rotatable bonds is 4. The third-order valence-corrected chi connectivity index (χ3v) is 3.32. The molecule has 0 aliphatic heterocycles. The maximum absolute atomic E-state index is 13.5. The standard InChI is InChI=1S/C14H12ClF2N3/c15-12-6-13(20-14(19-12)8-1-2-8)18-7-9-5-10(16)3-4-11(9)17/h3-6,8H,1-2,7H2,(H,18,19,20). The fourth-order valence-electron chi connectivity index (χ4n) is 1.91. The maximum Gasteiger partial charge on any atom is 0.135 e. The second-order valence-corrected chi connectivity index (χ2v) is 5.18. The highest BCUT2D eigenvalue weighted by Gasteiger charge is 2.27. The Morgan fingerprint density at radius 1 is 1.20 bits per heavy atom. The highest BCUT2D eigenvalue weighted by atomic mass is 35.5. The van der Waals surface area contributed by atoms with Gasteiger partial charge in [-0.3, -0.25) is 0 Å². The van der Waals surface area contributed by atoms with Crippen molar-refractivity contribution in [2.75, 3.05) is 5.32 Å². The van der Waals surface area contributed by atoms with Gasteiger partial charge in [-0.2, -0.15) is 0 Å². The van der Waals surface area contributed by atoms with E-state index < -0.39 is 11.6 Å². The van der Waals surface area contributed by atoms with E-state index in [0.29, 0.717) is 22.7 Å². The third kappa shape index (κ3) is 3.04. The van der Waals surface area contributed by atoms with Gasteiger partial charge in [-0.25, -0.2) is 18.7 Å². The van der Waals surface area contributed by atoms with Crippen LogP contribution in [-0.4, -0.2) is 9.97 Å². The number of halogens is 3. The second-order valence-electron chi connectivity index (χ2n) is 4.80. The van der Waals surface area contributed by atoms with E-state index in [1.807, 2.05) is 0 Å². The zero-order valence-corrected chi connectivity index (χ0v) is 11.3. The number of hydrogen-bond donors (Lipinski definition) is 1. The van der Waals surface area contributed by atoms with Crippen molar-refractivity contribution in [2.24, 2.45) is 0 Å². The maximum atomic E-state index is 13.5. The van der Waals surface area contributed by atoms with Gasteiger partial charge in [0.1, 0.15) is 28.4 Å². The van der Waals surface area contributed by atoms with Crippen LogP contribution in [0, 0.1) is 11.6 Å². The van der Waals surface area contributed by atoms with Crippen LogP contribution < -0.4 is 5.32 Å². The largest absolute Gasteiger partial charge is 0.366 e. The van der Waals surface area contributed by atoms with Crippen LogP contribution in [0.4, 0.5) is 14.6 Å². The van der Waals surface area contributed by atoms with Crippen molar-refractivity contribution in [3.63, 3.8) is 0 Å². The highest BCUT2D eigenvalue weighted by molar-refractivity contribution is 6.29. The van der Waals surface area contributed by atoms with Crippen LogP contribution >= 0.6 is 11.6 Å². The molecular weight excluding hydrogens is 284 g/mol. The summed E-state index contributed by atoms with van der Waals surface area (Å²) in [6.07, 6.45) is 2.14. The lowest BCUT2D eigenvalue weighted by Crippen LogP contribution is -2.06. The van der Waals surface area contributed by atoms with Crippen molar-refractivity contribution in [1.29, 1.82) is 0 Å². The van der Waals surface area contributed by atoms with Gasteiger partial charge >= 0.3 is 0 Å². The summed E-state index contributed by atoms with van der Waals surface area (Å²) >= 11 is 5.93. The Hall–Kier alpha value is -1.75. The van der Waals surface area contributed by atoms with E-state index in [0.717, 1.165) is 31.0 Å². The molecule has 1 saturated carbocycles. The predicted molar refractivity (Wildman–Crippen MR) is 72.7 cm³/mol. The topological polar surface area (TPSA) is 37.8 Å². The summed E-state index contributed by atoms with van der Waals surface area (Å²) in [4.78, 5) is 8.50. The zero-order chi connectivity index (χ0) is 14.1. The minimum atomic E-state index is -0.470. The summed E-state index contributed by atoms with van der Waals surface area (Å²) in [6, 6.07) is 4.93. The van der Waals surface area contributed by atoms with Crippen molar-refractivity contribution in [2.45, 2.75) is 25.3 Å². The van der Waals surface area contributed by atoms with E-state index in [1.165, 1.54) is 0 Å². The minimum Gasteiger partial charge on any atom is -0.366 e. The first kappa shape index (κ1) is 13.2. The van der Waals surface area contributed by atoms with Crippen LogP contribution in [0.3, 0.4) is 0 Å². The summed E-state index contributed by atoms with van der Waals surface area (Å²) in [5.74, 6) is 0.680. The highest BCUT2D eigenvalue weighted by Crippen LogP contribution is 2.38. The molecule has 1 aromatic carbocycles. The number of benzene rings is 1. The molecule has 1 aromatic heterocycles. The van der Waals surface area contributed by atoms with Gasteiger partial charge in [0.15, 0.2) is 0 Å². The second kappa shape index (κ2) is 5.32. The predicted octanol–water partition coefficient (Wildman–Crippen LogP) is 3.90. The monoisotopic (exact) mass is 295 g/mol. The van der Waals surface area contributed by atoms with Gasteiger partial charge in [0.25, 0.3) is 0 Å². The third-order valence-electron chi connectivity index (χ3n) is 3.12.